The second-order valence-corrected chi connectivity index (χ2v) is 5.30. The standard InChI is InChI=1S/C8H5ClF3NO3S/c9-17(14,15)7-3-1-6(2-4-7)13-5-16-8(10,11)12/h1-5H. The van der Waals surface area contributed by atoms with Crippen molar-refractivity contribution >= 4 is 31.8 Å². The molecule has 0 fully saturated rings. The van der Waals surface area contributed by atoms with Gasteiger partial charge in [0, 0.05) is 10.7 Å². The average Bonchev–Trinajstić information content (AvgIpc) is 2.15. The number of nitrogens with zero attached hydrogens (tertiary/aromatic N) is 1. The molecule has 17 heavy (non-hydrogen) atoms. The first-order valence-corrected chi connectivity index (χ1v) is 6.31. The fourth-order valence-electron chi connectivity index (χ4n) is 0.842. The molecule has 0 aliphatic carbocycles. The molecule has 94 valence electrons. The van der Waals surface area contributed by atoms with Gasteiger partial charge in [-0.1, -0.05) is 0 Å². The molecule has 0 spiro atoms. The summed E-state index contributed by atoms with van der Waals surface area (Å²) < 4.78 is 59.7. The van der Waals surface area contributed by atoms with Crippen LogP contribution in [0.1, 0.15) is 0 Å². The quantitative estimate of drug-likeness (QED) is 0.488. The molecule has 0 aromatic heterocycles. The van der Waals surface area contributed by atoms with E-state index in [1.54, 1.807) is 0 Å². The summed E-state index contributed by atoms with van der Waals surface area (Å²) in [5, 5.41) is 0. The van der Waals surface area contributed by atoms with Crippen LogP contribution in [0.3, 0.4) is 0 Å². The number of aliphatic imine (C=N–C) groups is 1. The van der Waals surface area contributed by atoms with Gasteiger partial charge in [-0.05, 0) is 24.3 Å². The second kappa shape index (κ2) is 4.92. The summed E-state index contributed by atoms with van der Waals surface area (Å²) in [7, 11) is 1.18. The Labute approximate surface area is 99.1 Å². The maximum absolute atomic E-state index is 11.6. The third-order valence-corrected chi connectivity index (χ3v) is 2.88. The number of ether oxygens (including phenoxy) is 1. The average molecular weight is 288 g/mol. The van der Waals surface area contributed by atoms with Gasteiger partial charge in [-0.25, -0.2) is 13.4 Å². The van der Waals surface area contributed by atoms with E-state index in [4.69, 9.17) is 10.7 Å². The molecule has 4 nitrogen and oxygen atoms in total. The molecule has 0 bridgehead atoms. The van der Waals surface area contributed by atoms with E-state index in [1.165, 1.54) is 12.1 Å². The largest absolute Gasteiger partial charge is 0.573 e. The van der Waals surface area contributed by atoms with Crippen LogP contribution >= 0.6 is 10.7 Å². The third-order valence-electron chi connectivity index (χ3n) is 1.51. The normalized spacial score (nSPS) is 12.9. The molecule has 0 atom stereocenters. The van der Waals surface area contributed by atoms with E-state index >= 15 is 0 Å². The van der Waals surface area contributed by atoms with Gasteiger partial charge in [0.15, 0.2) is 6.40 Å². The van der Waals surface area contributed by atoms with E-state index in [1.807, 2.05) is 0 Å². The zero-order valence-electron chi connectivity index (χ0n) is 7.98. The number of hydrogen-bond donors (Lipinski definition) is 0. The summed E-state index contributed by atoms with van der Waals surface area (Å²) in [6, 6.07) is 4.60. The van der Waals surface area contributed by atoms with E-state index in [-0.39, 0.29) is 17.0 Å². The van der Waals surface area contributed by atoms with Gasteiger partial charge < -0.3 is 4.74 Å². The highest BCUT2D eigenvalue weighted by molar-refractivity contribution is 8.13. The van der Waals surface area contributed by atoms with Gasteiger partial charge in [-0.3, -0.25) is 0 Å². The van der Waals surface area contributed by atoms with Gasteiger partial charge in [0.1, 0.15) is 0 Å². The molecule has 0 saturated heterocycles. The van der Waals surface area contributed by atoms with Crippen molar-refractivity contribution in [2.75, 3.05) is 0 Å². The van der Waals surface area contributed by atoms with Gasteiger partial charge >= 0.3 is 6.36 Å². The third kappa shape index (κ3) is 5.05. The minimum absolute atomic E-state index is 0.0957. The first kappa shape index (κ1) is 13.8. The molecule has 9 heteroatoms. The molecule has 0 amide bonds. The maximum atomic E-state index is 11.6. The van der Waals surface area contributed by atoms with E-state index in [9.17, 15) is 21.6 Å². The topological polar surface area (TPSA) is 55.7 Å². The van der Waals surface area contributed by atoms with Crippen LogP contribution in [0.4, 0.5) is 18.9 Å². The first-order valence-electron chi connectivity index (χ1n) is 4.00. The van der Waals surface area contributed by atoms with Gasteiger partial charge in [0.05, 0.1) is 10.6 Å². The number of benzene rings is 1. The zero-order valence-corrected chi connectivity index (χ0v) is 9.55. The Bertz CT molecular complexity index is 510. The molecule has 1 aromatic carbocycles. The molecule has 0 radical (unpaired) electrons. The molecule has 0 N–H and O–H groups in total. The molecular formula is C8H5ClF3NO3S. The van der Waals surface area contributed by atoms with Crippen molar-refractivity contribution in [2.45, 2.75) is 11.3 Å². The van der Waals surface area contributed by atoms with E-state index in [2.05, 4.69) is 9.73 Å². The molecular weight excluding hydrogens is 283 g/mol. The van der Waals surface area contributed by atoms with Crippen LogP contribution in [0, 0.1) is 0 Å². The Balaban J connectivity index is 2.76. The van der Waals surface area contributed by atoms with E-state index in [0.29, 0.717) is 0 Å². The predicted octanol–water partition coefficient (Wildman–Crippen LogP) is 2.81. The summed E-state index contributed by atoms with van der Waals surface area (Å²) in [6.45, 7) is 0. The monoisotopic (exact) mass is 287 g/mol. The second-order valence-electron chi connectivity index (χ2n) is 2.73. The van der Waals surface area contributed by atoms with Gasteiger partial charge in [0.2, 0.25) is 0 Å². The molecule has 0 heterocycles. The highest BCUT2D eigenvalue weighted by Gasteiger charge is 2.29. The molecule has 1 rings (SSSR count). The fraction of sp³-hybridized carbons (Fsp3) is 0.125. The SMILES string of the molecule is O=S(=O)(Cl)c1ccc(N=COC(F)(F)F)cc1. The van der Waals surface area contributed by atoms with Crippen molar-refractivity contribution in [3.8, 4) is 0 Å². The summed E-state index contributed by atoms with van der Waals surface area (Å²) in [6.07, 6.45) is -4.59. The van der Waals surface area contributed by atoms with Crippen molar-refractivity contribution in [1.82, 2.24) is 0 Å². The summed E-state index contributed by atoms with van der Waals surface area (Å²) >= 11 is 0. The Morgan fingerprint density at radius 1 is 1.24 bits per heavy atom. The lowest BCUT2D eigenvalue weighted by atomic mass is 10.3. The fourth-order valence-corrected chi connectivity index (χ4v) is 1.61. The lowest BCUT2D eigenvalue weighted by molar-refractivity contribution is -0.280. The highest BCUT2D eigenvalue weighted by Crippen LogP contribution is 2.20. The summed E-state index contributed by atoms with van der Waals surface area (Å²) in [5.41, 5.74) is 0.0957. The van der Waals surface area contributed by atoms with E-state index in [0.717, 1.165) is 12.1 Å². The van der Waals surface area contributed by atoms with Crippen LogP contribution in [0.15, 0.2) is 34.2 Å². The Hall–Kier alpha value is -1.28. The predicted molar refractivity (Wildman–Crippen MR) is 54.8 cm³/mol. The summed E-state index contributed by atoms with van der Waals surface area (Å²) in [5.74, 6) is 0. The molecule has 0 aliphatic rings. The van der Waals surface area contributed by atoms with Crippen LogP contribution in [-0.4, -0.2) is 21.2 Å². The van der Waals surface area contributed by atoms with Crippen molar-refractivity contribution in [3.05, 3.63) is 24.3 Å². The number of alkyl halides is 3. The van der Waals surface area contributed by atoms with Crippen LogP contribution < -0.4 is 0 Å². The molecule has 1 aromatic rings. The Morgan fingerprint density at radius 2 is 1.76 bits per heavy atom. The lowest BCUT2D eigenvalue weighted by Gasteiger charge is -2.02. The Morgan fingerprint density at radius 3 is 2.18 bits per heavy atom. The minimum Gasteiger partial charge on any atom is -0.395 e. The van der Waals surface area contributed by atoms with Gasteiger partial charge in [-0.15, -0.1) is 13.2 Å². The van der Waals surface area contributed by atoms with Crippen molar-refractivity contribution in [1.29, 1.82) is 0 Å². The molecule has 0 aliphatic heterocycles. The highest BCUT2D eigenvalue weighted by atomic mass is 35.7. The van der Waals surface area contributed by atoms with E-state index < -0.39 is 15.4 Å². The van der Waals surface area contributed by atoms with Crippen LogP contribution in [-0.2, 0) is 13.8 Å². The van der Waals surface area contributed by atoms with Crippen molar-refractivity contribution in [3.63, 3.8) is 0 Å². The van der Waals surface area contributed by atoms with Crippen LogP contribution in [0.25, 0.3) is 0 Å². The number of halogens is 4. The van der Waals surface area contributed by atoms with Crippen LogP contribution in [0.2, 0.25) is 0 Å². The first-order chi connectivity index (χ1) is 7.68. The number of rotatable bonds is 3. The maximum Gasteiger partial charge on any atom is 0.573 e. The Kier molecular flexibility index (Phi) is 3.99. The zero-order chi connectivity index (χ0) is 13.1. The van der Waals surface area contributed by atoms with Crippen LogP contribution in [0.5, 0.6) is 0 Å². The molecule has 0 saturated carbocycles. The molecule has 0 unspecified atom stereocenters. The van der Waals surface area contributed by atoms with Gasteiger partial charge in [0.25, 0.3) is 9.05 Å². The van der Waals surface area contributed by atoms with Crippen molar-refractivity contribution in [2.24, 2.45) is 4.99 Å². The van der Waals surface area contributed by atoms with Gasteiger partial charge in [-0.2, -0.15) is 0 Å². The number of hydrogen-bond acceptors (Lipinski definition) is 4. The van der Waals surface area contributed by atoms with Crippen molar-refractivity contribution < 1.29 is 26.3 Å². The lowest BCUT2D eigenvalue weighted by Crippen LogP contribution is -2.11. The minimum atomic E-state index is -4.80. The smallest absolute Gasteiger partial charge is 0.395 e. The summed E-state index contributed by atoms with van der Waals surface area (Å²) in [4.78, 5) is 3.14.